The summed E-state index contributed by atoms with van der Waals surface area (Å²) in [4.78, 5) is 30.4. The lowest BCUT2D eigenvalue weighted by molar-refractivity contribution is -0.126. The first kappa shape index (κ1) is 15.2. The van der Waals surface area contributed by atoms with Crippen molar-refractivity contribution in [1.29, 1.82) is 0 Å². The van der Waals surface area contributed by atoms with Gasteiger partial charge in [0.05, 0.1) is 18.2 Å². The molecule has 1 aromatic heterocycles. The lowest BCUT2D eigenvalue weighted by Gasteiger charge is -2.18. The predicted molar refractivity (Wildman–Crippen MR) is 87.7 cm³/mol. The monoisotopic (exact) mass is 309 g/mol. The van der Waals surface area contributed by atoms with Crippen molar-refractivity contribution < 1.29 is 9.59 Å². The third kappa shape index (κ3) is 3.39. The van der Waals surface area contributed by atoms with E-state index >= 15 is 0 Å². The molecule has 1 aliphatic heterocycles. The molecule has 1 aliphatic rings. The molecule has 1 fully saturated rings. The number of aromatic nitrogens is 1. The maximum Gasteiger partial charge on any atom is 0.227 e. The zero-order chi connectivity index (χ0) is 16.2. The van der Waals surface area contributed by atoms with Crippen LogP contribution in [0.25, 0.3) is 0 Å². The topological polar surface area (TPSA) is 62.3 Å². The third-order valence-corrected chi connectivity index (χ3v) is 4.07. The molecule has 0 bridgehead atoms. The number of para-hydroxylation sites is 1. The summed E-state index contributed by atoms with van der Waals surface area (Å²) in [5.41, 5.74) is 2.73. The van der Waals surface area contributed by atoms with Crippen molar-refractivity contribution in [3.05, 3.63) is 59.9 Å². The smallest absolute Gasteiger partial charge is 0.227 e. The highest BCUT2D eigenvalue weighted by Gasteiger charge is 2.35. The molecule has 0 saturated carbocycles. The van der Waals surface area contributed by atoms with Crippen LogP contribution in [0.1, 0.15) is 17.7 Å². The molecular weight excluding hydrogens is 290 g/mol. The minimum absolute atomic E-state index is 0.00251. The van der Waals surface area contributed by atoms with Gasteiger partial charge in [0.2, 0.25) is 11.8 Å². The first-order valence-corrected chi connectivity index (χ1v) is 7.69. The molecule has 2 aromatic rings. The van der Waals surface area contributed by atoms with E-state index in [1.165, 1.54) is 0 Å². The third-order valence-electron chi connectivity index (χ3n) is 4.07. The van der Waals surface area contributed by atoms with E-state index in [2.05, 4.69) is 10.3 Å². The van der Waals surface area contributed by atoms with E-state index in [1.807, 2.05) is 49.4 Å². The van der Waals surface area contributed by atoms with E-state index in [4.69, 9.17) is 0 Å². The number of nitrogens with one attached hydrogen (secondary N) is 1. The van der Waals surface area contributed by atoms with Crippen molar-refractivity contribution in [1.82, 2.24) is 10.3 Å². The summed E-state index contributed by atoms with van der Waals surface area (Å²) in [7, 11) is 0. The molecule has 1 atom stereocenters. The van der Waals surface area contributed by atoms with Gasteiger partial charge in [0.1, 0.15) is 0 Å². The normalized spacial score (nSPS) is 17.3. The molecule has 1 aromatic carbocycles. The van der Waals surface area contributed by atoms with Gasteiger partial charge in [-0.05, 0) is 30.7 Å². The number of amides is 2. The van der Waals surface area contributed by atoms with Crippen LogP contribution in [-0.4, -0.2) is 23.3 Å². The number of nitrogens with zero attached hydrogens (tertiary/aromatic N) is 2. The first-order chi connectivity index (χ1) is 11.1. The Morgan fingerprint density at radius 1 is 1.26 bits per heavy atom. The number of carbonyl (C=O) groups is 2. The zero-order valence-corrected chi connectivity index (χ0v) is 13.0. The first-order valence-electron chi connectivity index (χ1n) is 7.69. The Kier molecular flexibility index (Phi) is 4.37. The van der Waals surface area contributed by atoms with E-state index in [0.717, 1.165) is 16.9 Å². The van der Waals surface area contributed by atoms with E-state index in [0.29, 0.717) is 13.1 Å². The molecule has 3 rings (SSSR count). The fourth-order valence-corrected chi connectivity index (χ4v) is 2.81. The highest BCUT2D eigenvalue weighted by atomic mass is 16.2. The number of rotatable bonds is 4. The van der Waals surface area contributed by atoms with E-state index < -0.39 is 0 Å². The van der Waals surface area contributed by atoms with Crippen molar-refractivity contribution in [2.45, 2.75) is 19.9 Å². The molecule has 1 saturated heterocycles. The molecule has 2 heterocycles. The van der Waals surface area contributed by atoms with Crippen LogP contribution >= 0.6 is 0 Å². The summed E-state index contributed by atoms with van der Waals surface area (Å²) in [6, 6.07) is 13.3. The van der Waals surface area contributed by atoms with Gasteiger partial charge in [-0.15, -0.1) is 0 Å². The highest BCUT2D eigenvalue weighted by Crippen LogP contribution is 2.27. The van der Waals surface area contributed by atoms with Crippen molar-refractivity contribution in [2.24, 2.45) is 5.92 Å². The van der Waals surface area contributed by atoms with Crippen LogP contribution in [0, 0.1) is 12.8 Å². The van der Waals surface area contributed by atoms with Gasteiger partial charge in [0.25, 0.3) is 0 Å². The second-order valence-electron chi connectivity index (χ2n) is 5.73. The Morgan fingerprint density at radius 3 is 2.78 bits per heavy atom. The largest absolute Gasteiger partial charge is 0.350 e. The van der Waals surface area contributed by atoms with Gasteiger partial charge in [-0.2, -0.15) is 0 Å². The lowest BCUT2D eigenvalue weighted by atomic mass is 10.1. The molecule has 2 amide bonds. The standard InChI is InChI=1S/C18H19N3O2/c1-13-6-2-3-8-16(13)21-12-14(10-17(21)22)18(23)20-11-15-7-4-5-9-19-15/h2-9,14H,10-12H2,1H3,(H,20,23). The fourth-order valence-electron chi connectivity index (χ4n) is 2.81. The van der Waals surface area contributed by atoms with Gasteiger partial charge < -0.3 is 10.2 Å². The summed E-state index contributed by atoms with van der Waals surface area (Å²) in [5.74, 6) is -0.414. The summed E-state index contributed by atoms with van der Waals surface area (Å²) >= 11 is 0. The average molecular weight is 309 g/mol. The maximum absolute atomic E-state index is 12.3. The van der Waals surface area contributed by atoms with Gasteiger partial charge in [-0.25, -0.2) is 0 Å². The highest BCUT2D eigenvalue weighted by molar-refractivity contribution is 6.00. The molecule has 5 nitrogen and oxygen atoms in total. The number of aryl methyl sites for hydroxylation is 1. The number of benzene rings is 1. The molecule has 0 radical (unpaired) electrons. The van der Waals surface area contributed by atoms with Crippen LogP contribution in [0.15, 0.2) is 48.7 Å². The summed E-state index contributed by atoms with van der Waals surface area (Å²) in [5, 5.41) is 2.87. The summed E-state index contributed by atoms with van der Waals surface area (Å²) in [6.45, 7) is 2.78. The molecule has 1 N–H and O–H groups in total. The molecular formula is C18H19N3O2. The Labute approximate surface area is 135 Å². The van der Waals surface area contributed by atoms with E-state index in [9.17, 15) is 9.59 Å². The van der Waals surface area contributed by atoms with Gasteiger partial charge in [-0.3, -0.25) is 14.6 Å². The van der Waals surface area contributed by atoms with E-state index in [1.54, 1.807) is 11.1 Å². The van der Waals surface area contributed by atoms with Crippen molar-refractivity contribution in [3.8, 4) is 0 Å². The average Bonchev–Trinajstić information content (AvgIpc) is 2.96. The Hall–Kier alpha value is -2.69. The zero-order valence-electron chi connectivity index (χ0n) is 13.0. The minimum atomic E-state index is -0.314. The fraction of sp³-hybridized carbons (Fsp3) is 0.278. The Morgan fingerprint density at radius 2 is 2.04 bits per heavy atom. The quantitative estimate of drug-likeness (QED) is 0.940. The number of anilines is 1. The molecule has 0 aliphatic carbocycles. The number of carbonyl (C=O) groups excluding carboxylic acids is 2. The predicted octanol–water partition coefficient (Wildman–Crippen LogP) is 2.06. The molecule has 23 heavy (non-hydrogen) atoms. The Bertz CT molecular complexity index is 715. The maximum atomic E-state index is 12.3. The Balaban J connectivity index is 1.63. The van der Waals surface area contributed by atoms with Crippen LogP contribution in [0.3, 0.4) is 0 Å². The molecule has 118 valence electrons. The lowest BCUT2D eigenvalue weighted by Crippen LogP contribution is -2.33. The van der Waals surface area contributed by atoms with Crippen LogP contribution < -0.4 is 10.2 Å². The van der Waals surface area contributed by atoms with Crippen LogP contribution in [-0.2, 0) is 16.1 Å². The second kappa shape index (κ2) is 6.60. The minimum Gasteiger partial charge on any atom is -0.350 e. The van der Waals surface area contributed by atoms with Crippen molar-refractivity contribution in [3.63, 3.8) is 0 Å². The van der Waals surface area contributed by atoms with Gasteiger partial charge in [-0.1, -0.05) is 24.3 Å². The van der Waals surface area contributed by atoms with Crippen LogP contribution in [0.5, 0.6) is 0 Å². The van der Waals surface area contributed by atoms with Crippen molar-refractivity contribution >= 4 is 17.5 Å². The van der Waals surface area contributed by atoms with Gasteiger partial charge in [0, 0.05) is 24.8 Å². The SMILES string of the molecule is Cc1ccccc1N1CC(C(=O)NCc2ccccn2)CC1=O. The summed E-state index contributed by atoms with van der Waals surface area (Å²) in [6.07, 6.45) is 1.95. The molecule has 0 spiro atoms. The van der Waals surface area contributed by atoms with Gasteiger partial charge in [0.15, 0.2) is 0 Å². The number of pyridine rings is 1. The number of hydrogen-bond acceptors (Lipinski definition) is 3. The van der Waals surface area contributed by atoms with Crippen LogP contribution in [0.2, 0.25) is 0 Å². The molecule has 1 unspecified atom stereocenters. The van der Waals surface area contributed by atoms with Gasteiger partial charge >= 0.3 is 0 Å². The second-order valence-corrected chi connectivity index (χ2v) is 5.73. The van der Waals surface area contributed by atoms with Crippen LogP contribution in [0.4, 0.5) is 5.69 Å². The molecule has 5 heteroatoms. The number of hydrogen-bond donors (Lipinski definition) is 1. The van der Waals surface area contributed by atoms with E-state index in [-0.39, 0.29) is 24.2 Å². The summed E-state index contributed by atoms with van der Waals surface area (Å²) < 4.78 is 0. The van der Waals surface area contributed by atoms with Crippen molar-refractivity contribution in [2.75, 3.05) is 11.4 Å².